The number of rotatable bonds is 5. The lowest BCUT2D eigenvalue weighted by Crippen LogP contribution is -2.30. The molecule has 2 aromatic rings. The van der Waals surface area contributed by atoms with Crippen LogP contribution in [0.3, 0.4) is 0 Å². The standard InChI is InChI=1S/C18H20F3N5S/c1-13(11-22)27-17-24-23-16(12-25-9-5-2-6-10-25)26(17)15-8-4-3-7-14(15)18(19,20)21/h3-4,7-8,13H,2,5-6,9-10,12H2,1H3/t13-/m1/s1. The summed E-state index contributed by atoms with van der Waals surface area (Å²) in [6, 6.07) is 7.49. The van der Waals surface area contributed by atoms with Crippen molar-refractivity contribution in [1.82, 2.24) is 19.7 Å². The van der Waals surface area contributed by atoms with Gasteiger partial charge in [-0.1, -0.05) is 30.3 Å². The fourth-order valence-electron chi connectivity index (χ4n) is 3.13. The van der Waals surface area contributed by atoms with Gasteiger partial charge in [0, 0.05) is 0 Å². The summed E-state index contributed by atoms with van der Waals surface area (Å²) < 4.78 is 42.2. The molecule has 9 heteroatoms. The van der Waals surface area contributed by atoms with Crippen molar-refractivity contribution in [2.75, 3.05) is 13.1 Å². The number of hydrogen-bond acceptors (Lipinski definition) is 5. The van der Waals surface area contributed by atoms with Gasteiger partial charge >= 0.3 is 6.18 Å². The minimum atomic E-state index is -4.49. The van der Waals surface area contributed by atoms with Crippen LogP contribution in [0.15, 0.2) is 29.4 Å². The molecule has 5 nitrogen and oxygen atoms in total. The van der Waals surface area contributed by atoms with Crippen molar-refractivity contribution < 1.29 is 13.2 Å². The van der Waals surface area contributed by atoms with Gasteiger partial charge in [-0.3, -0.25) is 9.47 Å². The first-order valence-corrected chi connectivity index (χ1v) is 9.67. The van der Waals surface area contributed by atoms with Crippen LogP contribution >= 0.6 is 11.8 Å². The molecule has 0 spiro atoms. The Hall–Kier alpha value is -2.05. The highest BCUT2D eigenvalue weighted by molar-refractivity contribution is 8.00. The van der Waals surface area contributed by atoms with Crippen LogP contribution in [0.1, 0.15) is 37.6 Å². The third-order valence-corrected chi connectivity index (χ3v) is 5.36. The lowest BCUT2D eigenvalue weighted by atomic mass is 10.1. The predicted molar refractivity (Wildman–Crippen MR) is 96.4 cm³/mol. The van der Waals surface area contributed by atoms with Crippen molar-refractivity contribution in [1.29, 1.82) is 5.26 Å². The molecule has 1 aromatic carbocycles. The number of hydrogen-bond donors (Lipinski definition) is 0. The maximum absolute atomic E-state index is 13.6. The third kappa shape index (κ3) is 4.62. The van der Waals surface area contributed by atoms with E-state index in [1.807, 2.05) is 0 Å². The van der Waals surface area contributed by atoms with Crippen molar-refractivity contribution in [2.24, 2.45) is 0 Å². The maximum atomic E-state index is 13.6. The third-order valence-electron chi connectivity index (χ3n) is 4.43. The van der Waals surface area contributed by atoms with Gasteiger partial charge in [0.2, 0.25) is 0 Å². The van der Waals surface area contributed by atoms with E-state index >= 15 is 0 Å². The first-order valence-electron chi connectivity index (χ1n) is 8.79. The number of likely N-dealkylation sites (tertiary alicyclic amines) is 1. The van der Waals surface area contributed by atoms with Gasteiger partial charge < -0.3 is 0 Å². The molecule has 0 radical (unpaired) electrons. The van der Waals surface area contributed by atoms with Gasteiger partial charge in [-0.2, -0.15) is 18.4 Å². The summed E-state index contributed by atoms with van der Waals surface area (Å²) in [6.45, 7) is 3.90. The van der Waals surface area contributed by atoms with E-state index < -0.39 is 17.0 Å². The van der Waals surface area contributed by atoms with Gasteiger partial charge in [0.25, 0.3) is 0 Å². The van der Waals surface area contributed by atoms with E-state index in [0.717, 1.165) is 43.8 Å². The van der Waals surface area contributed by atoms with Crippen LogP contribution in [-0.2, 0) is 12.7 Å². The number of piperidine rings is 1. The number of halogens is 3. The molecule has 0 N–H and O–H groups in total. The molecule has 0 bridgehead atoms. The average Bonchev–Trinajstić information content (AvgIpc) is 3.03. The zero-order valence-corrected chi connectivity index (χ0v) is 15.7. The fraction of sp³-hybridized carbons (Fsp3) is 0.500. The number of aromatic nitrogens is 3. The molecular weight excluding hydrogens is 375 g/mol. The highest BCUT2D eigenvalue weighted by atomic mass is 32.2. The van der Waals surface area contributed by atoms with Gasteiger partial charge in [-0.15, -0.1) is 10.2 Å². The van der Waals surface area contributed by atoms with Crippen molar-refractivity contribution >= 4 is 11.8 Å². The molecule has 1 atom stereocenters. The Bertz CT molecular complexity index is 821. The molecule has 3 rings (SSSR count). The summed E-state index contributed by atoms with van der Waals surface area (Å²) in [5.74, 6) is 0.459. The van der Waals surface area contributed by atoms with Crippen LogP contribution in [0.5, 0.6) is 0 Å². The summed E-state index contributed by atoms with van der Waals surface area (Å²) in [5, 5.41) is 17.2. The van der Waals surface area contributed by atoms with Crippen molar-refractivity contribution in [3.8, 4) is 11.8 Å². The Balaban J connectivity index is 2.05. The van der Waals surface area contributed by atoms with Crippen LogP contribution < -0.4 is 0 Å². The highest BCUT2D eigenvalue weighted by Gasteiger charge is 2.35. The molecule has 144 valence electrons. The quantitative estimate of drug-likeness (QED) is 0.708. The molecule has 1 aliphatic heterocycles. The normalized spacial score (nSPS) is 16.9. The van der Waals surface area contributed by atoms with Crippen LogP contribution in [0, 0.1) is 11.3 Å². The monoisotopic (exact) mass is 395 g/mol. The first-order chi connectivity index (χ1) is 12.9. The SMILES string of the molecule is C[C@H](C#N)Sc1nnc(CN2CCCCC2)n1-c1ccccc1C(F)(F)F. The smallest absolute Gasteiger partial charge is 0.296 e. The number of thioether (sulfide) groups is 1. The summed E-state index contributed by atoms with van der Waals surface area (Å²) in [6.07, 6.45) is -1.19. The molecule has 2 heterocycles. The predicted octanol–water partition coefficient (Wildman–Crippen LogP) is 4.28. The largest absolute Gasteiger partial charge is 0.418 e. The number of benzene rings is 1. The van der Waals surface area contributed by atoms with E-state index in [2.05, 4.69) is 21.2 Å². The lowest BCUT2D eigenvalue weighted by molar-refractivity contribution is -0.137. The lowest BCUT2D eigenvalue weighted by Gasteiger charge is -2.26. The van der Waals surface area contributed by atoms with Gasteiger partial charge in [0.1, 0.15) is 0 Å². The number of alkyl halides is 3. The minimum Gasteiger partial charge on any atom is -0.296 e. The number of nitrogens with zero attached hydrogens (tertiary/aromatic N) is 5. The molecule has 1 aliphatic rings. The Morgan fingerprint density at radius 1 is 1.19 bits per heavy atom. The van der Waals surface area contributed by atoms with Crippen LogP contribution in [-0.4, -0.2) is 38.0 Å². The van der Waals surface area contributed by atoms with E-state index in [-0.39, 0.29) is 5.69 Å². The Morgan fingerprint density at radius 3 is 2.56 bits per heavy atom. The highest BCUT2D eigenvalue weighted by Crippen LogP contribution is 2.36. The van der Waals surface area contributed by atoms with Gasteiger partial charge in [-0.25, -0.2) is 0 Å². The van der Waals surface area contributed by atoms with Gasteiger partial charge in [-0.05, 0) is 45.0 Å². The summed E-state index contributed by atoms with van der Waals surface area (Å²) >= 11 is 1.11. The van der Waals surface area contributed by atoms with Crippen molar-refractivity contribution in [3.63, 3.8) is 0 Å². The molecule has 0 amide bonds. The van der Waals surface area contributed by atoms with Gasteiger partial charge in [0.05, 0.1) is 29.1 Å². The maximum Gasteiger partial charge on any atom is 0.418 e. The second kappa shape index (κ2) is 8.31. The Kier molecular flexibility index (Phi) is 6.07. The Morgan fingerprint density at radius 2 is 1.89 bits per heavy atom. The van der Waals surface area contributed by atoms with Crippen LogP contribution in [0.25, 0.3) is 5.69 Å². The van der Waals surface area contributed by atoms with E-state index in [0.29, 0.717) is 17.5 Å². The summed E-state index contributed by atoms with van der Waals surface area (Å²) in [7, 11) is 0. The molecular formula is C18H20F3N5S. The molecule has 0 unspecified atom stereocenters. The van der Waals surface area contributed by atoms with E-state index in [4.69, 9.17) is 5.26 Å². The Labute approximate surface area is 160 Å². The molecule has 1 fully saturated rings. The van der Waals surface area contributed by atoms with Crippen LogP contribution in [0.4, 0.5) is 13.2 Å². The van der Waals surface area contributed by atoms with Crippen molar-refractivity contribution in [3.05, 3.63) is 35.7 Å². The van der Waals surface area contributed by atoms with E-state index in [9.17, 15) is 13.2 Å². The van der Waals surface area contributed by atoms with Gasteiger partial charge in [0.15, 0.2) is 11.0 Å². The average molecular weight is 395 g/mol. The summed E-state index contributed by atoms with van der Waals surface area (Å²) in [5.41, 5.74) is -0.745. The minimum absolute atomic E-state index is 0.00495. The number of para-hydroxylation sites is 1. The topological polar surface area (TPSA) is 57.7 Å². The van der Waals surface area contributed by atoms with E-state index in [1.54, 1.807) is 13.0 Å². The molecule has 0 saturated carbocycles. The molecule has 1 aromatic heterocycles. The molecule has 1 saturated heterocycles. The molecule has 27 heavy (non-hydrogen) atoms. The van der Waals surface area contributed by atoms with Crippen molar-refractivity contribution in [2.45, 2.75) is 49.3 Å². The van der Waals surface area contributed by atoms with Crippen LogP contribution in [0.2, 0.25) is 0 Å². The second-order valence-electron chi connectivity index (χ2n) is 6.48. The summed E-state index contributed by atoms with van der Waals surface area (Å²) in [4.78, 5) is 2.18. The zero-order chi connectivity index (χ0) is 19.4. The number of nitriles is 1. The first kappa shape index (κ1) is 19.7. The fourth-order valence-corrected chi connectivity index (χ4v) is 3.90. The second-order valence-corrected chi connectivity index (χ2v) is 7.78. The molecule has 0 aliphatic carbocycles. The zero-order valence-electron chi connectivity index (χ0n) is 14.9. The van der Waals surface area contributed by atoms with E-state index in [1.165, 1.54) is 23.1 Å².